The zero-order valence-electron chi connectivity index (χ0n) is 14.7. The van der Waals surface area contributed by atoms with Crippen molar-refractivity contribution in [3.05, 3.63) is 53.6 Å². The Balaban J connectivity index is 1.91. The molecule has 128 valence electrons. The lowest BCUT2D eigenvalue weighted by Gasteiger charge is -2.13. The summed E-state index contributed by atoms with van der Waals surface area (Å²) in [6.45, 7) is 7.12. The molecule has 0 fully saturated rings. The molecule has 0 aliphatic heterocycles. The summed E-state index contributed by atoms with van der Waals surface area (Å²) in [5.41, 5.74) is 4.10. The standard InChI is InChI=1S/C20H26N2O2/c1-4-5-12-24-19-9-7-6-8-18(19)22-20(23)14-21-17-11-10-15(2)16(3)13-17/h6-11,13,21H,4-5,12,14H2,1-3H3,(H,22,23). The van der Waals surface area contributed by atoms with Gasteiger partial charge in [0.05, 0.1) is 18.8 Å². The quantitative estimate of drug-likeness (QED) is 0.701. The van der Waals surface area contributed by atoms with Gasteiger partial charge in [0, 0.05) is 5.69 Å². The highest BCUT2D eigenvalue weighted by Gasteiger charge is 2.07. The summed E-state index contributed by atoms with van der Waals surface area (Å²) in [5, 5.41) is 6.06. The summed E-state index contributed by atoms with van der Waals surface area (Å²) in [6.07, 6.45) is 2.07. The number of carbonyl (C=O) groups excluding carboxylic acids is 1. The number of para-hydroxylation sites is 2. The lowest BCUT2D eigenvalue weighted by Crippen LogP contribution is -2.22. The summed E-state index contributed by atoms with van der Waals surface area (Å²) >= 11 is 0. The van der Waals surface area contributed by atoms with Crippen LogP contribution in [0.4, 0.5) is 11.4 Å². The number of anilines is 2. The van der Waals surface area contributed by atoms with Crippen molar-refractivity contribution in [2.75, 3.05) is 23.8 Å². The summed E-state index contributed by atoms with van der Waals surface area (Å²) in [5.74, 6) is 0.616. The van der Waals surface area contributed by atoms with Gasteiger partial charge in [-0.05, 0) is 55.7 Å². The first kappa shape index (κ1) is 17.9. The molecule has 24 heavy (non-hydrogen) atoms. The van der Waals surface area contributed by atoms with E-state index in [1.54, 1.807) is 0 Å². The van der Waals surface area contributed by atoms with Crippen molar-refractivity contribution in [3.8, 4) is 5.75 Å². The van der Waals surface area contributed by atoms with E-state index < -0.39 is 0 Å². The second kappa shape index (κ2) is 8.96. The van der Waals surface area contributed by atoms with E-state index >= 15 is 0 Å². The predicted octanol–water partition coefficient (Wildman–Crippen LogP) is 4.53. The van der Waals surface area contributed by atoms with Gasteiger partial charge in [-0.3, -0.25) is 4.79 Å². The Labute approximate surface area is 144 Å². The molecule has 4 nitrogen and oxygen atoms in total. The van der Waals surface area contributed by atoms with Gasteiger partial charge in [-0.25, -0.2) is 0 Å². The number of unbranched alkanes of at least 4 members (excludes halogenated alkanes) is 1. The predicted molar refractivity (Wildman–Crippen MR) is 99.9 cm³/mol. The van der Waals surface area contributed by atoms with Crippen LogP contribution in [0, 0.1) is 13.8 Å². The first-order chi connectivity index (χ1) is 11.6. The van der Waals surface area contributed by atoms with Gasteiger partial charge in [-0.2, -0.15) is 0 Å². The number of hydrogen-bond acceptors (Lipinski definition) is 3. The number of benzene rings is 2. The minimum Gasteiger partial charge on any atom is -0.491 e. The number of hydrogen-bond donors (Lipinski definition) is 2. The maximum Gasteiger partial charge on any atom is 0.243 e. The van der Waals surface area contributed by atoms with E-state index in [-0.39, 0.29) is 12.5 Å². The maximum absolute atomic E-state index is 12.2. The van der Waals surface area contributed by atoms with E-state index in [1.807, 2.05) is 42.5 Å². The normalized spacial score (nSPS) is 10.3. The summed E-state index contributed by atoms with van der Waals surface area (Å²) in [7, 11) is 0. The number of amides is 1. The van der Waals surface area contributed by atoms with Crippen LogP contribution < -0.4 is 15.4 Å². The van der Waals surface area contributed by atoms with E-state index in [9.17, 15) is 4.79 Å². The molecule has 0 spiro atoms. The van der Waals surface area contributed by atoms with Crippen LogP contribution in [0.25, 0.3) is 0 Å². The van der Waals surface area contributed by atoms with Gasteiger partial charge in [0.25, 0.3) is 0 Å². The smallest absolute Gasteiger partial charge is 0.243 e. The molecule has 0 atom stereocenters. The molecule has 4 heteroatoms. The van der Waals surface area contributed by atoms with E-state index in [2.05, 4.69) is 31.4 Å². The molecule has 2 aromatic rings. The van der Waals surface area contributed by atoms with Crippen LogP contribution in [0.5, 0.6) is 5.75 Å². The van der Waals surface area contributed by atoms with Crippen molar-refractivity contribution in [2.45, 2.75) is 33.6 Å². The second-order valence-corrected chi connectivity index (χ2v) is 5.90. The van der Waals surface area contributed by atoms with Crippen molar-refractivity contribution in [2.24, 2.45) is 0 Å². The molecular weight excluding hydrogens is 300 g/mol. The molecule has 0 aromatic heterocycles. The van der Waals surface area contributed by atoms with Crippen LogP contribution >= 0.6 is 0 Å². The average molecular weight is 326 g/mol. The van der Waals surface area contributed by atoms with Crippen LogP contribution in [-0.2, 0) is 4.79 Å². The summed E-state index contributed by atoms with van der Waals surface area (Å²) in [4.78, 5) is 12.2. The van der Waals surface area contributed by atoms with Crippen molar-refractivity contribution in [1.82, 2.24) is 0 Å². The summed E-state index contributed by atoms with van der Waals surface area (Å²) < 4.78 is 5.73. The number of ether oxygens (including phenoxy) is 1. The highest BCUT2D eigenvalue weighted by Crippen LogP contribution is 2.24. The van der Waals surface area contributed by atoms with Crippen LogP contribution in [0.2, 0.25) is 0 Å². The maximum atomic E-state index is 12.2. The van der Waals surface area contributed by atoms with Crippen LogP contribution in [0.1, 0.15) is 30.9 Å². The van der Waals surface area contributed by atoms with E-state index in [4.69, 9.17) is 4.74 Å². The minimum absolute atomic E-state index is 0.0974. The molecule has 0 unspecified atom stereocenters. The lowest BCUT2D eigenvalue weighted by atomic mass is 10.1. The molecule has 0 saturated heterocycles. The first-order valence-electron chi connectivity index (χ1n) is 8.43. The third-order valence-electron chi connectivity index (χ3n) is 3.88. The Morgan fingerprint density at radius 3 is 2.62 bits per heavy atom. The van der Waals surface area contributed by atoms with Crippen LogP contribution in [-0.4, -0.2) is 19.1 Å². The highest BCUT2D eigenvalue weighted by atomic mass is 16.5. The molecule has 2 aromatic carbocycles. The zero-order valence-corrected chi connectivity index (χ0v) is 14.7. The van der Waals surface area contributed by atoms with Gasteiger partial charge in [-0.1, -0.05) is 31.5 Å². The number of rotatable bonds is 8. The second-order valence-electron chi connectivity index (χ2n) is 5.90. The molecule has 0 aliphatic rings. The summed E-state index contributed by atoms with van der Waals surface area (Å²) in [6, 6.07) is 13.6. The van der Waals surface area contributed by atoms with Gasteiger partial charge < -0.3 is 15.4 Å². The van der Waals surface area contributed by atoms with Crippen LogP contribution in [0.3, 0.4) is 0 Å². The molecule has 0 heterocycles. The van der Waals surface area contributed by atoms with Crippen molar-refractivity contribution in [1.29, 1.82) is 0 Å². The Bertz CT molecular complexity index is 683. The fourth-order valence-electron chi connectivity index (χ4n) is 2.25. The molecule has 0 aliphatic carbocycles. The van der Waals surface area contributed by atoms with Gasteiger partial charge in [0.15, 0.2) is 0 Å². The third kappa shape index (κ3) is 5.30. The van der Waals surface area contributed by atoms with Crippen LogP contribution in [0.15, 0.2) is 42.5 Å². The molecule has 0 radical (unpaired) electrons. The van der Waals surface area contributed by atoms with E-state index in [1.165, 1.54) is 11.1 Å². The lowest BCUT2D eigenvalue weighted by molar-refractivity contribution is -0.114. The first-order valence-corrected chi connectivity index (χ1v) is 8.43. The molecular formula is C20H26N2O2. The minimum atomic E-state index is -0.0974. The topological polar surface area (TPSA) is 50.4 Å². The Hall–Kier alpha value is -2.49. The highest BCUT2D eigenvalue weighted by molar-refractivity contribution is 5.95. The molecule has 2 rings (SSSR count). The largest absolute Gasteiger partial charge is 0.491 e. The van der Waals surface area contributed by atoms with Gasteiger partial charge in [-0.15, -0.1) is 0 Å². The molecule has 1 amide bonds. The van der Waals surface area contributed by atoms with Gasteiger partial charge in [0.1, 0.15) is 5.75 Å². The fraction of sp³-hybridized carbons (Fsp3) is 0.350. The Kier molecular flexibility index (Phi) is 6.67. The molecule has 0 saturated carbocycles. The monoisotopic (exact) mass is 326 g/mol. The van der Waals surface area contributed by atoms with Crippen molar-refractivity contribution in [3.63, 3.8) is 0 Å². The Morgan fingerprint density at radius 1 is 1.08 bits per heavy atom. The number of aryl methyl sites for hydroxylation is 2. The van der Waals surface area contributed by atoms with E-state index in [0.29, 0.717) is 18.0 Å². The van der Waals surface area contributed by atoms with Gasteiger partial charge in [0.2, 0.25) is 5.91 Å². The number of carbonyl (C=O) groups is 1. The Morgan fingerprint density at radius 2 is 1.88 bits per heavy atom. The number of nitrogens with one attached hydrogen (secondary N) is 2. The van der Waals surface area contributed by atoms with Crippen molar-refractivity contribution >= 4 is 17.3 Å². The van der Waals surface area contributed by atoms with Gasteiger partial charge >= 0.3 is 0 Å². The molecule has 2 N–H and O–H groups in total. The third-order valence-corrected chi connectivity index (χ3v) is 3.88. The van der Waals surface area contributed by atoms with E-state index in [0.717, 1.165) is 18.5 Å². The van der Waals surface area contributed by atoms with Crippen molar-refractivity contribution < 1.29 is 9.53 Å². The molecule has 0 bridgehead atoms. The average Bonchev–Trinajstić information content (AvgIpc) is 2.58. The SMILES string of the molecule is CCCCOc1ccccc1NC(=O)CNc1ccc(C)c(C)c1. The fourth-order valence-corrected chi connectivity index (χ4v) is 2.25. The zero-order chi connectivity index (χ0) is 17.4.